The Balaban J connectivity index is 2.26. The first kappa shape index (κ1) is 11.9. The van der Waals surface area contributed by atoms with Crippen LogP contribution >= 0.6 is 0 Å². The van der Waals surface area contributed by atoms with Crippen molar-refractivity contribution in [1.29, 1.82) is 0 Å². The largest absolute Gasteiger partial charge is 0.478 e. The number of rotatable bonds is 3. The van der Waals surface area contributed by atoms with Crippen LogP contribution in [0.25, 0.3) is 0 Å². The molecular weight excluding hydrogens is 216 g/mol. The number of nitrogens with two attached hydrogens (primary N) is 1. The molecule has 92 valence electrons. The average molecular weight is 234 g/mol. The minimum absolute atomic E-state index is 0.0952. The van der Waals surface area contributed by atoms with Crippen molar-refractivity contribution in [3.8, 4) is 5.75 Å². The number of fused-ring (bicyclic) bond motifs is 1. The molecule has 1 amide bonds. The first-order chi connectivity index (χ1) is 8.04. The van der Waals surface area contributed by atoms with E-state index in [4.69, 9.17) is 10.5 Å². The lowest BCUT2D eigenvalue weighted by Crippen LogP contribution is -2.47. The average Bonchev–Trinajstić information content (AvgIpc) is 2.27. The maximum atomic E-state index is 12.0. The summed E-state index contributed by atoms with van der Waals surface area (Å²) in [7, 11) is 0. The first-order valence-corrected chi connectivity index (χ1v) is 5.81. The fourth-order valence-electron chi connectivity index (χ4n) is 2.07. The lowest BCUT2D eigenvalue weighted by atomic mass is 9.82. The van der Waals surface area contributed by atoms with E-state index in [-0.39, 0.29) is 11.3 Å². The van der Waals surface area contributed by atoms with Crippen LogP contribution < -0.4 is 15.8 Å². The van der Waals surface area contributed by atoms with Gasteiger partial charge in [0.15, 0.2) is 6.10 Å². The van der Waals surface area contributed by atoms with Gasteiger partial charge >= 0.3 is 0 Å². The molecule has 0 spiro atoms. The highest BCUT2D eigenvalue weighted by Gasteiger charge is 2.39. The van der Waals surface area contributed by atoms with Gasteiger partial charge in [0.2, 0.25) is 0 Å². The van der Waals surface area contributed by atoms with E-state index in [9.17, 15) is 4.79 Å². The molecule has 0 aromatic heterocycles. The molecule has 0 saturated heterocycles. The summed E-state index contributed by atoms with van der Waals surface area (Å²) >= 11 is 0. The van der Waals surface area contributed by atoms with Gasteiger partial charge in [0.25, 0.3) is 5.91 Å². The van der Waals surface area contributed by atoms with Crippen molar-refractivity contribution in [3.05, 3.63) is 24.3 Å². The smallest absolute Gasteiger partial charge is 0.266 e. The number of carbonyl (C=O) groups excluding carboxylic acids is 1. The van der Waals surface area contributed by atoms with E-state index in [0.717, 1.165) is 17.9 Å². The molecule has 2 rings (SSSR count). The molecule has 4 nitrogen and oxygen atoms in total. The van der Waals surface area contributed by atoms with Gasteiger partial charge in [-0.2, -0.15) is 0 Å². The summed E-state index contributed by atoms with van der Waals surface area (Å²) in [6.07, 6.45) is 0.258. The van der Waals surface area contributed by atoms with Crippen LogP contribution in [-0.4, -0.2) is 18.6 Å². The Morgan fingerprint density at radius 2 is 2.12 bits per heavy atom. The third-order valence-corrected chi connectivity index (χ3v) is 3.13. The van der Waals surface area contributed by atoms with Crippen LogP contribution in [-0.2, 0) is 4.79 Å². The molecule has 1 aromatic rings. The predicted octanol–water partition coefficient (Wildman–Crippen LogP) is 1.76. The number of amides is 1. The lowest BCUT2D eigenvalue weighted by molar-refractivity contribution is -0.128. The van der Waals surface area contributed by atoms with Crippen LogP contribution in [0.3, 0.4) is 0 Å². The van der Waals surface area contributed by atoms with Crippen molar-refractivity contribution in [2.75, 3.05) is 11.9 Å². The van der Waals surface area contributed by atoms with Crippen molar-refractivity contribution in [3.63, 3.8) is 0 Å². The van der Waals surface area contributed by atoms with Gasteiger partial charge in [-0.25, -0.2) is 0 Å². The van der Waals surface area contributed by atoms with Gasteiger partial charge in [0, 0.05) is 5.41 Å². The van der Waals surface area contributed by atoms with E-state index in [1.807, 2.05) is 38.1 Å². The number of carbonyl (C=O) groups is 1. The molecule has 3 N–H and O–H groups in total. The maximum Gasteiger partial charge on any atom is 0.266 e. The Morgan fingerprint density at radius 3 is 2.82 bits per heavy atom. The van der Waals surface area contributed by atoms with Crippen molar-refractivity contribution in [1.82, 2.24) is 0 Å². The number of benzene rings is 1. The molecule has 17 heavy (non-hydrogen) atoms. The van der Waals surface area contributed by atoms with E-state index >= 15 is 0 Å². The summed E-state index contributed by atoms with van der Waals surface area (Å²) in [5.41, 5.74) is 6.04. The van der Waals surface area contributed by atoms with Crippen molar-refractivity contribution >= 4 is 11.6 Å². The van der Waals surface area contributed by atoms with Gasteiger partial charge in [-0.1, -0.05) is 26.0 Å². The Morgan fingerprint density at radius 1 is 1.41 bits per heavy atom. The van der Waals surface area contributed by atoms with Crippen LogP contribution in [0.2, 0.25) is 0 Å². The van der Waals surface area contributed by atoms with Crippen molar-refractivity contribution in [2.24, 2.45) is 11.1 Å². The molecule has 1 unspecified atom stereocenters. The Hall–Kier alpha value is -1.55. The third kappa shape index (κ3) is 2.26. The minimum atomic E-state index is -0.485. The molecule has 0 aliphatic carbocycles. The van der Waals surface area contributed by atoms with Crippen LogP contribution in [0, 0.1) is 5.41 Å². The number of hydrogen-bond acceptors (Lipinski definition) is 3. The van der Waals surface area contributed by atoms with Crippen molar-refractivity contribution in [2.45, 2.75) is 26.4 Å². The van der Waals surface area contributed by atoms with Crippen molar-refractivity contribution < 1.29 is 9.53 Å². The first-order valence-electron chi connectivity index (χ1n) is 5.81. The highest BCUT2D eigenvalue weighted by atomic mass is 16.5. The van der Waals surface area contributed by atoms with E-state index in [1.165, 1.54) is 0 Å². The van der Waals surface area contributed by atoms with Gasteiger partial charge in [0.05, 0.1) is 5.69 Å². The van der Waals surface area contributed by atoms with Gasteiger partial charge in [0.1, 0.15) is 5.75 Å². The van der Waals surface area contributed by atoms with Gasteiger partial charge in [-0.3, -0.25) is 4.79 Å². The molecule has 1 heterocycles. The summed E-state index contributed by atoms with van der Waals surface area (Å²) in [6.45, 7) is 4.54. The highest BCUT2D eigenvalue weighted by Crippen LogP contribution is 2.36. The van der Waals surface area contributed by atoms with Gasteiger partial charge in [-0.05, 0) is 25.1 Å². The quantitative estimate of drug-likeness (QED) is 0.837. The number of ether oxygens (including phenoxy) is 1. The standard InChI is InChI=1S/C13H18N2O2/c1-13(2,7-8-14)11-12(16)15-9-5-3-4-6-10(9)17-11/h3-6,11H,7-8,14H2,1-2H3,(H,15,16). The normalized spacial score (nSPS) is 19.2. The number of para-hydroxylation sites is 2. The second-order valence-electron chi connectivity index (χ2n) is 5.01. The number of anilines is 1. The third-order valence-electron chi connectivity index (χ3n) is 3.13. The summed E-state index contributed by atoms with van der Waals surface area (Å²) in [5.74, 6) is 0.629. The monoisotopic (exact) mass is 234 g/mol. The molecule has 0 bridgehead atoms. The molecule has 1 atom stereocenters. The second-order valence-corrected chi connectivity index (χ2v) is 5.01. The molecule has 0 saturated carbocycles. The van der Waals surface area contributed by atoms with Gasteiger partial charge < -0.3 is 15.8 Å². The Labute approximate surface area is 101 Å². The fraction of sp³-hybridized carbons (Fsp3) is 0.462. The maximum absolute atomic E-state index is 12.0. The molecule has 1 aromatic carbocycles. The molecule has 1 aliphatic heterocycles. The Kier molecular flexibility index (Phi) is 3.07. The Bertz CT molecular complexity index is 429. The molecular formula is C13H18N2O2. The highest BCUT2D eigenvalue weighted by molar-refractivity contribution is 5.98. The SMILES string of the molecule is CC(C)(CCN)C1Oc2ccccc2NC1=O. The number of nitrogens with one attached hydrogen (secondary N) is 1. The van der Waals surface area contributed by atoms with E-state index < -0.39 is 6.10 Å². The molecule has 0 radical (unpaired) electrons. The molecule has 4 heteroatoms. The predicted molar refractivity (Wildman–Crippen MR) is 66.9 cm³/mol. The summed E-state index contributed by atoms with van der Waals surface area (Å²) in [5, 5.41) is 2.87. The van der Waals surface area contributed by atoms with Crippen LogP contribution in [0.1, 0.15) is 20.3 Å². The molecule has 1 aliphatic rings. The summed E-state index contributed by atoms with van der Waals surface area (Å²) in [4.78, 5) is 12.0. The topological polar surface area (TPSA) is 64.3 Å². The summed E-state index contributed by atoms with van der Waals surface area (Å²) < 4.78 is 5.79. The van der Waals surface area contributed by atoms with E-state index in [1.54, 1.807) is 0 Å². The van der Waals surface area contributed by atoms with Crippen LogP contribution in [0.4, 0.5) is 5.69 Å². The zero-order valence-corrected chi connectivity index (χ0v) is 10.2. The minimum Gasteiger partial charge on any atom is -0.478 e. The second kappa shape index (κ2) is 4.37. The van der Waals surface area contributed by atoms with E-state index in [0.29, 0.717) is 6.54 Å². The van der Waals surface area contributed by atoms with Gasteiger partial charge in [-0.15, -0.1) is 0 Å². The van der Waals surface area contributed by atoms with Crippen LogP contribution in [0.5, 0.6) is 5.75 Å². The fourth-order valence-corrected chi connectivity index (χ4v) is 2.07. The molecule has 0 fully saturated rings. The number of hydrogen-bond donors (Lipinski definition) is 2. The summed E-state index contributed by atoms with van der Waals surface area (Å²) in [6, 6.07) is 7.46. The zero-order valence-electron chi connectivity index (χ0n) is 10.2. The lowest BCUT2D eigenvalue weighted by Gasteiger charge is -2.36. The van der Waals surface area contributed by atoms with Crippen LogP contribution in [0.15, 0.2) is 24.3 Å². The zero-order chi connectivity index (χ0) is 12.5. The van der Waals surface area contributed by atoms with E-state index in [2.05, 4.69) is 5.32 Å².